The van der Waals surface area contributed by atoms with Crippen LogP contribution in [0, 0.1) is 24.7 Å². The summed E-state index contributed by atoms with van der Waals surface area (Å²) in [6.45, 7) is 6.25. The fourth-order valence-electron chi connectivity index (χ4n) is 6.20. The summed E-state index contributed by atoms with van der Waals surface area (Å²) in [5.74, 6) is -1.08. The molecule has 3 aliphatic rings. The first kappa shape index (κ1) is 29.5. The summed E-state index contributed by atoms with van der Waals surface area (Å²) in [5, 5.41) is 0. The van der Waals surface area contributed by atoms with Gasteiger partial charge in [-0.1, -0.05) is 0 Å². The predicted molar refractivity (Wildman–Crippen MR) is 145 cm³/mol. The third kappa shape index (κ3) is 5.73. The molecule has 2 saturated heterocycles. The van der Waals surface area contributed by atoms with Crippen LogP contribution < -0.4 is 15.4 Å². The Balaban J connectivity index is 1.15. The Kier molecular flexibility index (Phi) is 6.86. The molecule has 3 atom stereocenters. The van der Waals surface area contributed by atoms with Gasteiger partial charge in [0.25, 0.3) is 5.91 Å². The van der Waals surface area contributed by atoms with Gasteiger partial charge in [0, 0.05) is 62.0 Å². The molecule has 1 saturated carbocycles. The lowest BCUT2D eigenvalue weighted by atomic mass is 9.94. The SMILES string of the molecule is Cc1cn2cc(C(=O)N3C[C@@H]4C(Oc5cc(C(C)(C)N)cc(N6CCC(C(F)(F)F)CC6)n5)[C@@H]4C3)cc(C(F)(F)F)c2n1. The highest BCUT2D eigenvalue weighted by molar-refractivity contribution is 5.95. The highest BCUT2D eigenvalue weighted by atomic mass is 19.4. The molecule has 2 aliphatic heterocycles. The number of amides is 1. The lowest BCUT2D eigenvalue weighted by Gasteiger charge is -2.34. The molecule has 8 nitrogen and oxygen atoms in total. The van der Waals surface area contributed by atoms with E-state index in [0.717, 1.165) is 11.6 Å². The molecule has 5 heterocycles. The van der Waals surface area contributed by atoms with Crippen LogP contribution in [-0.2, 0) is 11.7 Å². The van der Waals surface area contributed by atoms with Crippen LogP contribution in [-0.4, -0.2) is 63.6 Å². The Labute approximate surface area is 243 Å². The van der Waals surface area contributed by atoms with Crippen molar-refractivity contribution < 1.29 is 35.9 Å². The summed E-state index contributed by atoms with van der Waals surface area (Å²) < 4.78 is 88.2. The molecule has 14 heteroatoms. The number of nitrogens with two attached hydrogens (primary N) is 1. The third-order valence-electron chi connectivity index (χ3n) is 8.70. The van der Waals surface area contributed by atoms with Crippen LogP contribution in [0.1, 0.15) is 53.9 Å². The molecule has 0 spiro atoms. The number of aryl methyl sites for hydroxylation is 1. The fraction of sp³-hybridized carbons (Fsp3) is 0.552. The van der Waals surface area contributed by atoms with Gasteiger partial charge >= 0.3 is 12.4 Å². The van der Waals surface area contributed by atoms with E-state index in [9.17, 15) is 31.1 Å². The van der Waals surface area contributed by atoms with Gasteiger partial charge in [0.2, 0.25) is 5.88 Å². The number of fused-ring (bicyclic) bond motifs is 2. The topological polar surface area (TPSA) is 89.0 Å². The zero-order valence-electron chi connectivity index (χ0n) is 23.8. The van der Waals surface area contributed by atoms with Crippen LogP contribution in [0.3, 0.4) is 0 Å². The number of hydrogen-bond acceptors (Lipinski definition) is 6. The number of alkyl halides is 6. The number of anilines is 1. The van der Waals surface area contributed by atoms with Gasteiger partial charge in [-0.15, -0.1) is 0 Å². The molecule has 3 aromatic rings. The number of hydrogen-bond donors (Lipinski definition) is 1. The van der Waals surface area contributed by atoms with E-state index in [4.69, 9.17) is 10.5 Å². The number of carbonyl (C=O) groups is 1. The van der Waals surface area contributed by atoms with Gasteiger partial charge in [-0.3, -0.25) is 4.79 Å². The van der Waals surface area contributed by atoms with Crippen LogP contribution in [0.4, 0.5) is 32.2 Å². The number of aromatic nitrogens is 3. The molecule has 43 heavy (non-hydrogen) atoms. The molecule has 0 radical (unpaired) electrons. The second-order valence-corrected chi connectivity index (χ2v) is 12.5. The van der Waals surface area contributed by atoms with Crippen molar-refractivity contribution in [2.75, 3.05) is 31.1 Å². The van der Waals surface area contributed by atoms with Crippen LogP contribution in [0.2, 0.25) is 0 Å². The van der Waals surface area contributed by atoms with Crippen molar-refractivity contribution in [2.45, 2.75) is 57.6 Å². The summed E-state index contributed by atoms with van der Waals surface area (Å²) in [6, 6.07) is 4.36. The van der Waals surface area contributed by atoms with Crippen molar-refractivity contribution in [3.63, 3.8) is 0 Å². The first-order chi connectivity index (χ1) is 20.0. The van der Waals surface area contributed by atoms with E-state index in [0.29, 0.717) is 30.5 Å². The molecule has 1 unspecified atom stereocenters. The zero-order valence-corrected chi connectivity index (χ0v) is 23.8. The van der Waals surface area contributed by atoms with Gasteiger partial charge < -0.3 is 24.7 Å². The number of nitrogens with zero attached hydrogens (tertiary/aromatic N) is 5. The molecule has 1 amide bonds. The van der Waals surface area contributed by atoms with Crippen molar-refractivity contribution in [2.24, 2.45) is 23.5 Å². The summed E-state index contributed by atoms with van der Waals surface area (Å²) >= 11 is 0. The van der Waals surface area contributed by atoms with E-state index in [1.54, 1.807) is 19.1 Å². The van der Waals surface area contributed by atoms with Gasteiger partial charge in [0.05, 0.1) is 22.7 Å². The number of piperidine rings is 2. The van der Waals surface area contributed by atoms with Gasteiger partial charge in [-0.25, -0.2) is 4.98 Å². The van der Waals surface area contributed by atoms with Gasteiger partial charge in [0.1, 0.15) is 17.6 Å². The van der Waals surface area contributed by atoms with E-state index < -0.39 is 35.3 Å². The van der Waals surface area contributed by atoms with E-state index >= 15 is 0 Å². The maximum absolute atomic E-state index is 13.7. The van der Waals surface area contributed by atoms with Crippen LogP contribution in [0.25, 0.3) is 5.65 Å². The van der Waals surface area contributed by atoms with E-state index in [2.05, 4.69) is 9.97 Å². The predicted octanol–water partition coefficient (Wildman–Crippen LogP) is 5.18. The minimum atomic E-state index is -4.67. The summed E-state index contributed by atoms with van der Waals surface area (Å²) in [7, 11) is 0. The number of imidazole rings is 1. The van der Waals surface area contributed by atoms with E-state index in [1.165, 1.54) is 21.7 Å². The van der Waals surface area contributed by atoms with Crippen molar-refractivity contribution in [3.05, 3.63) is 53.0 Å². The smallest absolute Gasteiger partial charge is 0.420 e. The monoisotopic (exact) mass is 610 g/mol. The first-order valence-corrected chi connectivity index (χ1v) is 14.1. The Hall–Kier alpha value is -3.55. The molecule has 1 aliphatic carbocycles. The Morgan fingerprint density at radius 1 is 0.977 bits per heavy atom. The molecule has 6 rings (SSSR count). The molecule has 0 bridgehead atoms. The highest BCUT2D eigenvalue weighted by Gasteiger charge is 2.59. The van der Waals surface area contributed by atoms with Crippen LogP contribution in [0.15, 0.2) is 30.6 Å². The number of pyridine rings is 2. The standard InChI is InChI=1S/C29H32F6N6O2/c1-15-11-40-12-16(8-21(25(40)37-15)29(33,34)35)26(42)41-13-19-20(14-41)24(19)43-23-10-18(27(2,3)36)9-22(38-23)39-6-4-17(5-7-39)28(30,31)32/h8-12,17,19-20,24H,4-7,13-14,36H2,1-3H3/t19-,20+,24?. The lowest BCUT2D eigenvalue weighted by Crippen LogP contribution is -2.39. The normalized spacial score (nSPS) is 23.2. The average Bonchev–Trinajstić information content (AvgIpc) is 3.23. The second kappa shape index (κ2) is 10.00. The number of ether oxygens (including phenoxy) is 1. The van der Waals surface area contributed by atoms with Gasteiger partial charge in [0.15, 0.2) is 0 Å². The number of carbonyl (C=O) groups excluding carboxylic acids is 1. The van der Waals surface area contributed by atoms with Crippen molar-refractivity contribution in [1.29, 1.82) is 0 Å². The molecule has 2 N–H and O–H groups in total. The second-order valence-electron chi connectivity index (χ2n) is 12.5. The molecule has 3 aromatic heterocycles. The maximum atomic E-state index is 13.7. The van der Waals surface area contributed by atoms with Gasteiger partial charge in [-0.05, 0) is 51.3 Å². The van der Waals surface area contributed by atoms with Crippen molar-refractivity contribution in [3.8, 4) is 5.88 Å². The molecule has 0 aromatic carbocycles. The minimum absolute atomic E-state index is 0.0208. The highest BCUT2D eigenvalue weighted by Crippen LogP contribution is 2.48. The van der Waals surface area contributed by atoms with Gasteiger partial charge in [-0.2, -0.15) is 31.3 Å². The van der Waals surface area contributed by atoms with E-state index in [-0.39, 0.29) is 55.1 Å². The van der Waals surface area contributed by atoms with Crippen LogP contribution >= 0.6 is 0 Å². The number of likely N-dealkylation sites (tertiary alicyclic amines) is 1. The summed E-state index contributed by atoms with van der Waals surface area (Å²) in [6.07, 6.45) is -6.37. The number of halogens is 6. The maximum Gasteiger partial charge on any atom is 0.420 e. The fourth-order valence-corrected chi connectivity index (χ4v) is 6.20. The molecular weight excluding hydrogens is 578 g/mol. The van der Waals surface area contributed by atoms with Crippen molar-refractivity contribution in [1.82, 2.24) is 19.3 Å². The third-order valence-corrected chi connectivity index (χ3v) is 8.70. The molecular formula is C29H32F6N6O2. The summed E-state index contributed by atoms with van der Waals surface area (Å²) in [4.78, 5) is 25.2. The first-order valence-electron chi connectivity index (χ1n) is 14.1. The Bertz CT molecular complexity index is 1540. The Morgan fingerprint density at radius 3 is 2.21 bits per heavy atom. The lowest BCUT2D eigenvalue weighted by molar-refractivity contribution is -0.179. The molecule has 3 fully saturated rings. The minimum Gasteiger partial charge on any atom is -0.474 e. The molecule has 232 valence electrons. The average molecular weight is 611 g/mol. The largest absolute Gasteiger partial charge is 0.474 e. The van der Waals surface area contributed by atoms with Crippen molar-refractivity contribution >= 4 is 17.4 Å². The number of rotatable bonds is 5. The zero-order chi connectivity index (χ0) is 31.1. The summed E-state index contributed by atoms with van der Waals surface area (Å²) in [5.41, 5.74) is 5.43. The van der Waals surface area contributed by atoms with E-state index in [1.807, 2.05) is 18.7 Å². The van der Waals surface area contributed by atoms with Crippen LogP contribution in [0.5, 0.6) is 5.88 Å². The Morgan fingerprint density at radius 2 is 1.63 bits per heavy atom. The quantitative estimate of drug-likeness (QED) is 0.401.